The van der Waals surface area contributed by atoms with Crippen LogP contribution in [0.15, 0.2) is 59.2 Å². The molecule has 106 valence electrons. The van der Waals surface area contributed by atoms with Gasteiger partial charge in [-0.25, -0.2) is 0 Å². The molecule has 3 aromatic rings. The smallest absolute Gasteiger partial charge is 0.129 e. The second-order valence-electron chi connectivity index (χ2n) is 4.93. The molecule has 2 aromatic carbocycles. The largest absolute Gasteiger partial charge is 0.457 e. The molecule has 3 nitrogen and oxygen atoms in total. The Morgan fingerprint density at radius 2 is 1.86 bits per heavy atom. The van der Waals surface area contributed by atoms with Crippen LogP contribution in [0, 0.1) is 0 Å². The first kappa shape index (κ1) is 14.0. The van der Waals surface area contributed by atoms with Gasteiger partial charge < -0.3 is 10.5 Å². The summed E-state index contributed by atoms with van der Waals surface area (Å²) < 4.78 is 6.84. The van der Waals surface area contributed by atoms with Gasteiger partial charge >= 0.3 is 0 Å². The normalized spacial score (nSPS) is 12.3. The molecule has 0 aliphatic carbocycles. The number of rotatable bonds is 3. The van der Waals surface area contributed by atoms with E-state index in [4.69, 9.17) is 10.5 Å². The molecule has 0 unspecified atom stereocenters. The second-order valence-corrected chi connectivity index (χ2v) is 5.79. The average molecular weight is 343 g/mol. The van der Waals surface area contributed by atoms with Crippen LogP contribution in [0.25, 0.3) is 10.9 Å². The molecular formula is C17H15BrN2O. The van der Waals surface area contributed by atoms with Crippen LogP contribution in [0.2, 0.25) is 0 Å². The number of aromatic nitrogens is 1. The Morgan fingerprint density at radius 3 is 2.62 bits per heavy atom. The predicted octanol–water partition coefficient (Wildman–Crippen LogP) is 4.81. The molecule has 0 saturated carbocycles. The van der Waals surface area contributed by atoms with E-state index in [0.717, 1.165) is 32.4 Å². The number of benzene rings is 2. The molecule has 1 aromatic heterocycles. The molecule has 0 spiro atoms. The summed E-state index contributed by atoms with van der Waals surface area (Å²) >= 11 is 3.53. The minimum atomic E-state index is -0.0155. The van der Waals surface area contributed by atoms with E-state index in [-0.39, 0.29) is 6.04 Å². The van der Waals surface area contributed by atoms with E-state index < -0.39 is 0 Å². The fourth-order valence-corrected chi connectivity index (χ4v) is 2.91. The SMILES string of the molecule is C[C@@H](N)c1ccc(Oc2ccc3cccnc3c2)cc1Br. The summed E-state index contributed by atoms with van der Waals surface area (Å²) in [5.74, 6) is 1.53. The zero-order valence-electron chi connectivity index (χ0n) is 11.6. The summed E-state index contributed by atoms with van der Waals surface area (Å²) in [7, 11) is 0. The third-order valence-corrected chi connectivity index (χ3v) is 3.96. The van der Waals surface area contributed by atoms with E-state index in [2.05, 4.69) is 20.9 Å². The number of ether oxygens (including phenoxy) is 1. The van der Waals surface area contributed by atoms with Crippen LogP contribution in [-0.4, -0.2) is 4.98 Å². The van der Waals surface area contributed by atoms with Gasteiger partial charge in [0, 0.05) is 28.2 Å². The number of hydrogen-bond donors (Lipinski definition) is 1. The van der Waals surface area contributed by atoms with Crippen LogP contribution in [0.1, 0.15) is 18.5 Å². The maximum Gasteiger partial charge on any atom is 0.129 e. The number of halogens is 1. The van der Waals surface area contributed by atoms with Gasteiger partial charge in [0.2, 0.25) is 0 Å². The molecule has 21 heavy (non-hydrogen) atoms. The molecule has 0 amide bonds. The standard InChI is InChI=1S/C17H15BrN2O/c1-11(19)15-7-6-13(9-16(15)18)21-14-5-4-12-3-2-8-20-17(12)10-14/h2-11H,19H2,1H3/t11-/m1/s1. The lowest BCUT2D eigenvalue weighted by Gasteiger charge is -2.11. The van der Waals surface area contributed by atoms with E-state index in [0.29, 0.717) is 0 Å². The van der Waals surface area contributed by atoms with Gasteiger partial charge in [-0.3, -0.25) is 4.98 Å². The highest BCUT2D eigenvalue weighted by Gasteiger charge is 2.07. The first-order chi connectivity index (χ1) is 10.1. The highest BCUT2D eigenvalue weighted by molar-refractivity contribution is 9.10. The van der Waals surface area contributed by atoms with E-state index >= 15 is 0 Å². The highest BCUT2D eigenvalue weighted by atomic mass is 79.9. The Hall–Kier alpha value is -1.91. The van der Waals surface area contributed by atoms with Crippen LogP contribution >= 0.6 is 15.9 Å². The van der Waals surface area contributed by atoms with E-state index in [9.17, 15) is 0 Å². The van der Waals surface area contributed by atoms with Gasteiger partial charge in [0.05, 0.1) is 5.52 Å². The van der Waals surface area contributed by atoms with Crippen LogP contribution in [0.4, 0.5) is 0 Å². The molecule has 0 aliphatic rings. The first-order valence-electron chi connectivity index (χ1n) is 6.71. The molecule has 2 N–H and O–H groups in total. The minimum Gasteiger partial charge on any atom is -0.457 e. The summed E-state index contributed by atoms with van der Waals surface area (Å²) in [6.07, 6.45) is 1.78. The number of hydrogen-bond acceptors (Lipinski definition) is 3. The van der Waals surface area contributed by atoms with Crippen molar-refractivity contribution in [1.82, 2.24) is 4.98 Å². The van der Waals surface area contributed by atoms with Gasteiger partial charge in [-0.1, -0.05) is 28.1 Å². The van der Waals surface area contributed by atoms with Crippen LogP contribution in [-0.2, 0) is 0 Å². The van der Waals surface area contributed by atoms with Gasteiger partial charge in [-0.05, 0) is 42.8 Å². The summed E-state index contributed by atoms with van der Waals surface area (Å²) in [6, 6.07) is 15.6. The Balaban J connectivity index is 1.89. The van der Waals surface area contributed by atoms with Crippen molar-refractivity contribution < 1.29 is 4.74 Å². The van der Waals surface area contributed by atoms with Crippen LogP contribution in [0.5, 0.6) is 11.5 Å². The van der Waals surface area contributed by atoms with Gasteiger partial charge in [0.1, 0.15) is 11.5 Å². The summed E-state index contributed by atoms with van der Waals surface area (Å²) in [5, 5.41) is 1.10. The molecule has 4 heteroatoms. The average Bonchev–Trinajstić information content (AvgIpc) is 2.47. The summed E-state index contributed by atoms with van der Waals surface area (Å²) in [4.78, 5) is 4.33. The molecule has 3 rings (SSSR count). The topological polar surface area (TPSA) is 48.1 Å². The summed E-state index contributed by atoms with van der Waals surface area (Å²) in [6.45, 7) is 1.95. The Bertz CT molecular complexity index is 787. The van der Waals surface area contributed by atoms with E-state index in [1.54, 1.807) is 6.20 Å². The molecule has 1 atom stereocenters. The fourth-order valence-electron chi connectivity index (χ4n) is 2.19. The molecule has 0 aliphatic heterocycles. The fraction of sp³-hybridized carbons (Fsp3) is 0.118. The number of fused-ring (bicyclic) bond motifs is 1. The number of nitrogens with two attached hydrogens (primary N) is 1. The van der Waals surface area contributed by atoms with Crippen molar-refractivity contribution in [2.45, 2.75) is 13.0 Å². The molecule has 0 radical (unpaired) electrons. The lowest BCUT2D eigenvalue weighted by Crippen LogP contribution is -2.05. The van der Waals surface area contributed by atoms with Gasteiger partial charge in [0.15, 0.2) is 0 Å². The molecule has 1 heterocycles. The second kappa shape index (κ2) is 5.84. The van der Waals surface area contributed by atoms with Crippen molar-refractivity contribution in [2.24, 2.45) is 5.73 Å². The lowest BCUT2D eigenvalue weighted by molar-refractivity contribution is 0.482. The molecule has 0 fully saturated rings. The lowest BCUT2D eigenvalue weighted by atomic mass is 10.1. The van der Waals surface area contributed by atoms with Crippen molar-refractivity contribution in [3.63, 3.8) is 0 Å². The minimum absolute atomic E-state index is 0.0155. The molecule has 0 bridgehead atoms. The third kappa shape index (κ3) is 3.06. The van der Waals surface area contributed by atoms with Crippen LogP contribution in [0.3, 0.4) is 0 Å². The van der Waals surface area contributed by atoms with Crippen molar-refractivity contribution in [2.75, 3.05) is 0 Å². The van der Waals surface area contributed by atoms with Crippen molar-refractivity contribution in [3.05, 3.63) is 64.8 Å². The van der Waals surface area contributed by atoms with Gasteiger partial charge in [0.25, 0.3) is 0 Å². The third-order valence-electron chi connectivity index (χ3n) is 3.28. The summed E-state index contributed by atoms with van der Waals surface area (Å²) in [5.41, 5.74) is 7.88. The highest BCUT2D eigenvalue weighted by Crippen LogP contribution is 2.30. The predicted molar refractivity (Wildman–Crippen MR) is 88.6 cm³/mol. The maximum atomic E-state index is 5.90. The molecule has 0 saturated heterocycles. The van der Waals surface area contributed by atoms with Crippen molar-refractivity contribution >= 4 is 26.8 Å². The van der Waals surface area contributed by atoms with E-state index in [1.165, 1.54) is 0 Å². The number of pyridine rings is 1. The molecular weight excluding hydrogens is 328 g/mol. The van der Waals surface area contributed by atoms with E-state index in [1.807, 2.05) is 55.5 Å². The van der Waals surface area contributed by atoms with Crippen molar-refractivity contribution in [3.8, 4) is 11.5 Å². The first-order valence-corrected chi connectivity index (χ1v) is 7.50. The number of nitrogens with zero attached hydrogens (tertiary/aromatic N) is 1. The zero-order chi connectivity index (χ0) is 14.8. The monoisotopic (exact) mass is 342 g/mol. The maximum absolute atomic E-state index is 5.90. The van der Waals surface area contributed by atoms with Crippen molar-refractivity contribution in [1.29, 1.82) is 0 Å². The Morgan fingerprint density at radius 1 is 1.10 bits per heavy atom. The Kier molecular flexibility index (Phi) is 3.90. The quantitative estimate of drug-likeness (QED) is 0.742. The van der Waals surface area contributed by atoms with Crippen LogP contribution < -0.4 is 10.5 Å². The zero-order valence-corrected chi connectivity index (χ0v) is 13.2. The Labute approximate surface area is 131 Å². The van der Waals surface area contributed by atoms with Gasteiger partial charge in [-0.2, -0.15) is 0 Å². The van der Waals surface area contributed by atoms with Gasteiger partial charge in [-0.15, -0.1) is 0 Å².